The lowest BCUT2D eigenvalue weighted by Gasteiger charge is -2.21. The number of allylic oxidation sites excluding steroid dienone is 22. The van der Waals surface area contributed by atoms with E-state index in [1.165, 1.54) is 38.5 Å². The average Bonchev–Trinajstić information content (AvgIpc) is 0.972. The van der Waals surface area contributed by atoms with Gasteiger partial charge in [0.1, 0.15) is 19.3 Å². The zero-order valence-electron chi connectivity index (χ0n) is 60.9. The van der Waals surface area contributed by atoms with Crippen LogP contribution in [0.2, 0.25) is 0 Å². The van der Waals surface area contributed by atoms with Gasteiger partial charge in [-0.2, -0.15) is 0 Å². The second kappa shape index (κ2) is 70.6. The van der Waals surface area contributed by atoms with Crippen LogP contribution in [0.1, 0.15) is 285 Å². The van der Waals surface area contributed by atoms with Crippen molar-refractivity contribution in [3.05, 3.63) is 134 Å². The average molecular weight is 1420 g/mol. The monoisotopic (exact) mass is 1410 g/mol. The van der Waals surface area contributed by atoms with Crippen LogP contribution in [-0.4, -0.2) is 96.7 Å². The molecule has 98 heavy (non-hydrogen) atoms. The lowest BCUT2D eigenvalue weighted by Crippen LogP contribution is -2.30. The number of carbonyl (C=O) groups is 4. The Morgan fingerprint density at radius 3 is 0.888 bits per heavy atom. The Morgan fingerprint density at radius 2 is 0.541 bits per heavy atom. The predicted octanol–water partition coefficient (Wildman–Crippen LogP) is 21.3. The van der Waals surface area contributed by atoms with Crippen molar-refractivity contribution in [1.82, 2.24) is 0 Å². The van der Waals surface area contributed by atoms with Crippen LogP contribution in [0.3, 0.4) is 0 Å². The van der Waals surface area contributed by atoms with Crippen molar-refractivity contribution in [1.29, 1.82) is 0 Å². The number of hydrogen-bond donors (Lipinski definition) is 3. The van der Waals surface area contributed by atoms with Crippen LogP contribution in [0.4, 0.5) is 0 Å². The van der Waals surface area contributed by atoms with Gasteiger partial charge in [-0.1, -0.05) is 238 Å². The van der Waals surface area contributed by atoms with Gasteiger partial charge in [0.15, 0.2) is 12.2 Å². The van der Waals surface area contributed by atoms with E-state index >= 15 is 0 Å². The zero-order chi connectivity index (χ0) is 71.8. The molecule has 0 radical (unpaired) electrons. The molecule has 0 aromatic rings. The number of esters is 4. The Kier molecular flexibility index (Phi) is 67.2. The number of hydrogen-bond acceptors (Lipinski definition) is 15. The quantitative estimate of drug-likeness (QED) is 0.0169. The molecule has 0 rings (SSSR count). The molecule has 0 aromatic heterocycles. The van der Waals surface area contributed by atoms with Crippen LogP contribution < -0.4 is 0 Å². The first-order valence-corrected chi connectivity index (χ1v) is 40.4. The fourth-order valence-corrected chi connectivity index (χ4v) is 11.0. The van der Waals surface area contributed by atoms with E-state index in [-0.39, 0.29) is 25.7 Å². The number of rotatable bonds is 69. The van der Waals surface area contributed by atoms with Gasteiger partial charge < -0.3 is 33.8 Å². The molecule has 0 aliphatic carbocycles. The van der Waals surface area contributed by atoms with E-state index in [0.29, 0.717) is 25.7 Å². The van der Waals surface area contributed by atoms with Crippen molar-refractivity contribution in [2.75, 3.05) is 39.6 Å². The maximum absolute atomic E-state index is 13.1. The maximum atomic E-state index is 13.1. The first-order chi connectivity index (χ1) is 47.7. The summed E-state index contributed by atoms with van der Waals surface area (Å²) in [5, 5.41) is 10.6. The van der Waals surface area contributed by atoms with Crippen LogP contribution in [0, 0.1) is 0 Å². The van der Waals surface area contributed by atoms with Gasteiger partial charge in [0.25, 0.3) is 0 Å². The van der Waals surface area contributed by atoms with Gasteiger partial charge in [-0.25, -0.2) is 9.13 Å². The highest BCUT2D eigenvalue weighted by Crippen LogP contribution is 2.45. The summed E-state index contributed by atoms with van der Waals surface area (Å²) in [7, 11) is -9.97. The van der Waals surface area contributed by atoms with Crippen molar-refractivity contribution in [2.45, 2.75) is 303 Å². The van der Waals surface area contributed by atoms with Crippen LogP contribution in [0.25, 0.3) is 0 Å². The maximum Gasteiger partial charge on any atom is 0.472 e. The first-order valence-electron chi connectivity index (χ1n) is 37.4. The molecule has 0 fully saturated rings. The lowest BCUT2D eigenvalue weighted by molar-refractivity contribution is -0.161. The summed E-state index contributed by atoms with van der Waals surface area (Å²) >= 11 is 0. The molecule has 5 unspecified atom stereocenters. The van der Waals surface area contributed by atoms with Crippen LogP contribution in [-0.2, 0) is 65.4 Å². The molecule has 0 spiro atoms. The number of phosphoric acid groups is 2. The molecule has 19 heteroatoms. The molecular formula is C79H132O17P2. The van der Waals surface area contributed by atoms with Gasteiger partial charge >= 0.3 is 39.5 Å². The minimum atomic E-state index is -4.99. The Labute approximate surface area is 593 Å². The number of aliphatic hydroxyl groups excluding tert-OH is 1. The van der Waals surface area contributed by atoms with Crippen molar-refractivity contribution < 1.29 is 80.2 Å². The molecule has 560 valence electrons. The summed E-state index contributed by atoms with van der Waals surface area (Å²) in [6.45, 7) is 4.46. The SMILES string of the molecule is CC/C=C\C/C=C\C/C=C\C/C=C\C/C=C\CCCCCC(=O)OCC(COP(=O)(O)OCC(O)COP(=O)(O)OCC(COC(=O)CCCC/C=C\C/C=C\C/C=C\C/C=C\CC)OC(=O)CCCCCCC/C=C\CCCC)OC(=O)CCCCCCC/C=C\CCCCCC. The highest BCUT2D eigenvalue weighted by molar-refractivity contribution is 7.47. The highest BCUT2D eigenvalue weighted by atomic mass is 31.2. The topological polar surface area (TPSA) is 237 Å². The molecule has 5 atom stereocenters. The molecule has 0 amide bonds. The van der Waals surface area contributed by atoms with E-state index < -0.39 is 97.5 Å². The fraction of sp³-hybridized carbons (Fsp3) is 0.671. The molecule has 0 aromatic carbocycles. The normalized spacial score (nSPS) is 14.7. The van der Waals surface area contributed by atoms with E-state index in [9.17, 15) is 43.2 Å². The number of phosphoric ester groups is 2. The second-order valence-electron chi connectivity index (χ2n) is 24.5. The molecule has 17 nitrogen and oxygen atoms in total. The van der Waals surface area contributed by atoms with E-state index in [1.54, 1.807) is 0 Å². The standard InChI is InChI=1S/C79H132O17P2/c1-5-9-13-17-21-25-29-32-34-35-36-37-39-42-45-48-52-56-60-64-77(82)90-70-75(96-79(84)66-62-58-54-50-46-40-31-27-23-19-15-11-7-3)72-94-98(87,88)92-68-73(80)67-91-97(85,86)93-71-74(95-78(83)65-61-57-53-49-43-28-24-20-16-12-8-4)69-89-76(81)63-59-55-51-47-44-41-38-33-30-26-22-18-14-10-6-2/h9-10,13-14,20-22,24-27,31-34,36-38,42,44-45,47,73-75,80H,5-8,11-12,15-19,23,28-30,35,39-41,43,46,48-72H2,1-4H3,(H,85,86)(H,87,88)/b13-9-,14-10-,24-20-,25-21-,26-22-,31-27-,34-32-,37-36-,38-33-,45-42-,47-44-. The largest absolute Gasteiger partial charge is 0.472 e. The minimum absolute atomic E-state index is 0.0717. The fourth-order valence-electron chi connectivity index (χ4n) is 9.39. The Hall–Kier alpha value is -4.80. The van der Waals surface area contributed by atoms with Crippen LogP contribution in [0.5, 0.6) is 0 Å². The predicted molar refractivity (Wildman–Crippen MR) is 399 cm³/mol. The summed E-state index contributed by atoms with van der Waals surface area (Å²) < 4.78 is 68.3. The third kappa shape index (κ3) is 69.7. The molecule has 0 saturated heterocycles. The number of unbranched alkanes of at least 4 members (excludes halogenated alkanes) is 21. The van der Waals surface area contributed by atoms with E-state index in [1.807, 2.05) is 0 Å². The summed E-state index contributed by atoms with van der Waals surface area (Å²) in [6.07, 6.45) is 77.5. The van der Waals surface area contributed by atoms with Gasteiger partial charge in [-0.05, 0) is 154 Å². The minimum Gasteiger partial charge on any atom is -0.462 e. The third-order valence-electron chi connectivity index (χ3n) is 15.1. The number of ether oxygens (including phenoxy) is 4. The molecule has 0 bridgehead atoms. The molecular weight excluding hydrogens is 1280 g/mol. The Morgan fingerprint density at radius 1 is 0.296 bits per heavy atom. The summed E-state index contributed by atoms with van der Waals surface area (Å²) in [5.41, 5.74) is 0. The smallest absolute Gasteiger partial charge is 0.462 e. The molecule has 3 N–H and O–H groups in total. The summed E-state index contributed by atoms with van der Waals surface area (Å²) in [4.78, 5) is 72.7. The van der Waals surface area contributed by atoms with E-state index in [0.717, 1.165) is 167 Å². The highest BCUT2D eigenvalue weighted by Gasteiger charge is 2.30. The van der Waals surface area contributed by atoms with Crippen molar-refractivity contribution in [3.63, 3.8) is 0 Å². The zero-order valence-corrected chi connectivity index (χ0v) is 62.7. The van der Waals surface area contributed by atoms with Gasteiger partial charge in [0.2, 0.25) is 0 Å². The third-order valence-corrected chi connectivity index (χ3v) is 17.0. The van der Waals surface area contributed by atoms with Gasteiger partial charge in [0, 0.05) is 25.7 Å². The number of aliphatic hydroxyl groups is 1. The molecule has 0 aliphatic heterocycles. The lowest BCUT2D eigenvalue weighted by atomic mass is 10.1. The number of carbonyl (C=O) groups excluding carboxylic acids is 4. The Balaban J connectivity index is 5.39. The summed E-state index contributed by atoms with van der Waals surface area (Å²) in [5.74, 6) is -2.28. The van der Waals surface area contributed by atoms with Crippen molar-refractivity contribution in [3.8, 4) is 0 Å². The van der Waals surface area contributed by atoms with Gasteiger partial charge in [-0.15, -0.1) is 0 Å². The molecule has 0 heterocycles. The first kappa shape index (κ1) is 93.2. The molecule has 0 aliphatic rings. The second-order valence-corrected chi connectivity index (χ2v) is 27.4. The van der Waals surface area contributed by atoms with Gasteiger partial charge in [0.05, 0.1) is 26.4 Å². The van der Waals surface area contributed by atoms with Crippen LogP contribution in [0.15, 0.2) is 134 Å². The summed E-state index contributed by atoms with van der Waals surface area (Å²) in [6, 6.07) is 0. The van der Waals surface area contributed by atoms with Crippen LogP contribution >= 0.6 is 15.6 Å². The van der Waals surface area contributed by atoms with Crippen molar-refractivity contribution in [2.24, 2.45) is 0 Å². The Bertz CT molecular complexity index is 2380. The van der Waals surface area contributed by atoms with Crippen molar-refractivity contribution >= 4 is 39.5 Å². The van der Waals surface area contributed by atoms with E-state index in [4.69, 9.17) is 37.0 Å². The van der Waals surface area contributed by atoms with E-state index in [2.05, 4.69) is 161 Å². The molecule has 0 saturated carbocycles. The van der Waals surface area contributed by atoms with Gasteiger partial charge in [-0.3, -0.25) is 37.3 Å².